The van der Waals surface area contributed by atoms with Crippen LogP contribution < -0.4 is 10.2 Å². The number of hydrogen-bond acceptors (Lipinski definition) is 3. The van der Waals surface area contributed by atoms with Crippen molar-refractivity contribution in [3.63, 3.8) is 0 Å². The van der Waals surface area contributed by atoms with E-state index in [9.17, 15) is 13.2 Å². The second-order valence-corrected chi connectivity index (χ2v) is 6.61. The van der Waals surface area contributed by atoms with Crippen LogP contribution in [0.2, 0.25) is 0 Å². The van der Waals surface area contributed by atoms with Crippen LogP contribution in [0.25, 0.3) is 0 Å². The van der Waals surface area contributed by atoms with Crippen LogP contribution in [0.3, 0.4) is 0 Å². The lowest BCUT2D eigenvalue weighted by molar-refractivity contribution is -0.138. The van der Waals surface area contributed by atoms with E-state index in [2.05, 4.69) is 17.2 Å². The molecule has 0 atom stereocenters. The van der Waals surface area contributed by atoms with Gasteiger partial charge in [-0.05, 0) is 24.1 Å². The Bertz CT molecular complexity index is 628. The van der Waals surface area contributed by atoms with E-state index in [0.717, 1.165) is 19.4 Å². The minimum absolute atomic E-state index is 0.0708. The molecule has 2 rings (SSSR count). The number of ether oxygens (including phenoxy) is 1. The summed E-state index contributed by atoms with van der Waals surface area (Å²) in [5, 5.41) is 3.05. The fraction of sp³-hybridized carbons (Fsp3) is 0.632. The molecular weight excluding hydrogens is 357 g/mol. The normalized spacial score (nSPS) is 15.8. The van der Waals surface area contributed by atoms with Crippen LogP contribution in [0.5, 0.6) is 0 Å². The first-order valence-electron chi connectivity index (χ1n) is 9.31. The number of nitrogens with one attached hydrogen (secondary N) is 1. The summed E-state index contributed by atoms with van der Waals surface area (Å²) >= 11 is 0. The third-order valence-corrected chi connectivity index (χ3v) is 4.63. The molecule has 1 heterocycles. The quantitative estimate of drug-likeness (QED) is 0.601. The lowest BCUT2D eigenvalue weighted by atomic mass is 10.0. The highest BCUT2D eigenvalue weighted by Gasteiger charge is 2.34. The molecule has 1 aromatic carbocycles. The fourth-order valence-corrected chi connectivity index (χ4v) is 3.06. The van der Waals surface area contributed by atoms with Gasteiger partial charge in [0.15, 0.2) is 5.96 Å². The number of guanidine groups is 1. The highest BCUT2D eigenvalue weighted by Crippen LogP contribution is 2.35. The number of aliphatic imine (C=N–C) groups is 1. The lowest BCUT2D eigenvalue weighted by Gasteiger charge is -2.30. The van der Waals surface area contributed by atoms with E-state index in [0.29, 0.717) is 38.0 Å². The zero-order valence-corrected chi connectivity index (χ0v) is 16.3. The van der Waals surface area contributed by atoms with Gasteiger partial charge in [-0.3, -0.25) is 4.99 Å². The van der Waals surface area contributed by atoms with E-state index in [1.165, 1.54) is 6.07 Å². The smallest absolute Gasteiger partial charge is 0.378 e. The summed E-state index contributed by atoms with van der Waals surface area (Å²) in [6.45, 7) is 5.24. The van der Waals surface area contributed by atoms with Crippen molar-refractivity contribution in [3.05, 3.63) is 29.3 Å². The predicted molar refractivity (Wildman–Crippen MR) is 102 cm³/mol. The van der Waals surface area contributed by atoms with Gasteiger partial charge >= 0.3 is 6.18 Å². The molecule has 0 bridgehead atoms. The monoisotopic (exact) mass is 386 g/mol. The molecule has 1 aromatic rings. The highest BCUT2D eigenvalue weighted by atomic mass is 19.4. The SMILES string of the molecule is CCCCN(C)C(=NC)NCc1ccc(N2CCOCC2)cc1C(F)(F)F. The Kier molecular flexibility index (Phi) is 7.77. The first kappa shape index (κ1) is 21.3. The molecule has 0 aromatic heterocycles. The molecular formula is C19H29F3N4O. The molecule has 27 heavy (non-hydrogen) atoms. The summed E-state index contributed by atoms with van der Waals surface area (Å²) in [6, 6.07) is 4.55. The number of benzene rings is 1. The highest BCUT2D eigenvalue weighted by molar-refractivity contribution is 5.79. The number of unbranched alkanes of at least 4 members (excludes halogenated alkanes) is 1. The second kappa shape index (κ2) is 9.82. The van der Waals surface area contributed by atoms with Crippen LogP contribution >= 0.6 is 0 Å². The van der Waals surface area contributed by atoms with Gasteiger partial charge in [-0.15, -0.1) is 0 Å². The predicted octanol–water partition coefficient (Wildman–Crippen LogP) is 3.35. The summed E-state index contributed by atoms with van der Waals surface area (Å²) in [7, 11) is 3.52. The standard InChI is InChI=1S/C19H29F3N4O/c1-4-5-8-25(3)18(23-2)24-14-15-6-7-16(13-17(15)19(20,21)22)26-9-11-27-12-10-26/h6-7,13H,4-5,8-12,14H2,1-3H3,(H,23,24). The lowest BCUT2D eigenvalue weighted by Crippen LogP contribution is -2.39. The molecule has 1 aliphatic heterocycles. The van der Waals surface area contributed by atoms with Gasteiger partial charge in [-0.25, -0.2) is 0 Å². The fourth-order valence-electron chi connectivity index (χ4n) is 3.06. The van der Waals surface area contributed by atoms with Gasteiger partial charge in [0.1, 0.15) is 0 Å². The molecule has 1 aliphatic rings. The Morgan fingerprint density at radius 2 is 2.00 bits per heavy atom. The van der Waals surface area contributed by atoms with Gasteiger partial charge < -0.3 is 19.9 Å². The van der Waals surface area contributed by atoms with Crippen molar-refractivity contribution in [2.75, 3.05) is 51.8 Å². The number of hydrogen-bond donors (Lipinski definition) is 1. The van der Waals surface area contributed by atoms with Crippen LogP contribution in [0.1, 0.15) is 30.9 Å². The Labute approximate surface area is 159 Å². The number of nitrogens with zero attached hydrogens (tertiary/aromatic N) is 3. The van der Waals surface area contributed by atoms with Crippen molar-refractivity contribution in [1.82, 2.24) is 10.2 Å². The summed E-state index contributed by atoms with van der Waals surface area (Å²) in [4.78, 5) is 8.02. The van der Waals surface area contributed by atoms with Crippen molar-refractivity contribution in [3.8, 4) is 0 Å². The first-order valence-corrected chi connectivity index (χ1v) is 9.31. The molecule has 5 nitrogen and oxygen atoms in total. The maximum atomic E-state index is 13.6. The van der Waals surface area contributed by atoms with Gasteiger partial charge in [0, 0.05) is 46.0 Å². The number of halogens is 3. The van der Waals surface area contributed by atoms with Crippen molar-refractivity contribution < 1.29 is 17.9 Å². The van der Waals surface area contributed by atoms with Crippen molar-refractivity contribution in [1.29, 1.82) is 0 Å². The van der Waals surface area contributed by atoms with Crippen LogP contribution in [-0.2, 0) is 17.5 Å². The summed E-state index contributed by atoms with van der Waals surface area (Å²) in [6.07, 6.45) is -2.36. The second-order valence-electron chi connectivity index (χ2n) is 6.61. The van der Waals surface area contributed by atoms with Crippen LogP contribution in [0.4, 0.5) is 18.9 Å². The number of rotatable bonds is 6. The van der Waals surface area contributed by atoms with Crippen molar-refractivity contribution in [2.24, 2.45) is 4.99 Å². The maximum Gasteiger partial charge on any atom is 0.416 e. The summed E-state index contributed by atoms with van der Waals surface area (Å²) < 4.78 is 46.1. The Morgan fingerprint density at radius 3 is 2.59 bits per heavy atom. The van der Waals surface area contributed by atoms with Gasteiger partial charge in [0.05, 0.1) is 18.8 Å². The van der Waals surface area contributed by atoms with E-state index in [4.69, 9.17) is 4.74 Å². The molecule has 1 fully saturated rings. The topological polar surface area (TPSA) is 40.1 Å². The zero-order valence-electron chi connectivity index (χ0n) is 16.3. The van der Waals surface area contributed by atoms with Crippen LogP contribution in [0, 0.1) is 0 Å². The zero-order chi connectivity index (χ0) is 19.9. The molecule has 152 valence electrons. The molecule has 0 radical (unpaired) electrons. The van der Waals surface area contributed by atoms with Crippen LogP contribution in [-0.4, -0.2) is 57.8 Å². The molecule has 8 heteroatoms. The molecule has 0 spiro atoms. The van der Waals surface area contributed by atoms with E-state index < -0.39 is 11.7 Å². The third kappa shape index (κ3) is 6.02. The van der Waals surface area contributed by atoms with E-state index in [1.807, 2.05) is 16.8 Å². The van der Waals surface area contributed by atoms with E-state index >= 15 is 0 Å². The Balaban J connectivity index is 2.15. The molecule has 1 saturated heterocycles. The Morgan fingerprint density at radius 1 is 1.30 bits per heavy atom. The summed E-state index contributed by atoms with van der Waals surface area (Å²) in [5.41, 5.74) is 0.189. The molecule has 0 amide bonds. The summed E-state index contributed by atoms with van der Waals surface area (Å²) in [5.74, 6) is 0.592. The van der Waals surface area contributed by atoms with Gasteiger partial charge in [0.2, 0.25) is 0 Å². The molecule has 0 aliphatic carbocycles. The van der Waals surface area contributed by atoms with Crippen LogP contribution in [0.15, 0.2) is 23.2 Å². The molecule has 0 saturated carbocycles. The maximum absolute atomic E-state index is 13.6. The number of anilines is 1. The third-order valence-electron chi connectivity index (χ3n) is 4.63. The molecule has 1 N–H and O–H groups in total. The average molecular weight is 386 g/mol. The Hall–Kier alpha value is -1.96. The van der Waals surface area contributed by atoms with Crippen molar-refractivity contribution >= 4 is 11.6 Å². The van der Waals surface area contributed by atoms with Gasteiger partial charge in [0.25, 0.3) is 0 Å². The first-order chi connectivity index (χ1) is 12.9. The molecule has 0 unspecified atom stereocenters. The minimum atomic E-state index is -4.41. The van der Waals surface area contributed by atoms with Gasteiger partial charge in [-0.1, -0.05) is 19.4 Å². The average Bonchev–Trinajstić information content (AvgIpc) is 2.66. The van der Waals surface area contributed by atoms with E-state index in [1.54, 1.807) is 19.2 Å². The van der Waals surface area contributed by atoms with Crippen molar-refractivity contribution in [2.45, 2.75) is 32.5 Å². The van der Waals surface area contributed by atoms with Gasteiger partial charge in [-0.2, -0.15) is 13.2 Å². The number of alkyl halides is 3. The number of morpholine rings is 1. The largest absolute Gasteiger partial charge is 0.416 e. The minimum Gasteiger partial charge on any atom is -0.378 e. The van der Waals surface area contributed by atoms with E-state index in [-0.39, 0.29) is 12.1 Å².